The Balaban J connectivity index is 2.42. The molecule has 1 aromatic rings. The van der Waals surface area contributed by atoms with Crippen LogP contribution in [0.4, 0.5) is 0 Å². The molecule has 5 heteroatoms. The minimum atomic E-state index is -2.84. The standard InChI is InChI=1S/C11H19NO3S/c1-3-16(13,14)8-4-5-11(12-2)10-6-7-15-9-10/h6-7,9,11-12H,3-5,8H2,1-2H3. The van der Waals surface area contributed by atoms with E-state index in [1.807, 2.05) is 13.1 Å². The third kappa shape index (κ3) is 3.98. The minimum absolute atomic E-state index is 0.172. The smallest absolute Gasteiger partial charge is 0.150 e. The van der Waals surface area contributed by atoms with Gasteiger partial charge < -0.3 is 9.73 Å². The summed E-state index contributed by atoms with van der Waals surface area (Å²) in [6.07, 6.45) is 4.79. The number of rotatable bonds is 7. The van der Waals surface area contributed by atoms with Gasteiger partial charge in [0, 0.05) is 17.4 Å². The van der Waals surface area contributed by atoms with E-state index in [4.69, 9.17) is 4.42 Å². The van der Waals surface area contributed by atoms with Crippen molar-refractivity contribution >= 4 is 9.84 Å². The lowest BCUT2D eigenvalue weighted by molar-refractivity contribution is 0.517. The van der Waals surface area contributed by atoms with E-state index >= 15 is 0 Å². The average Bonchev–Trinajstić information content (AvgIpc) is 2.78. The van der Waals surface area contributed by atoms with Gasteiger partial charge in [-0.3, -0.25) is 0 Å². The SMILES string of the molecule is CCS(=O)(=O)CCCC(NC)c1ccoc1. The summed E-state index contributed by atoms with van der Waals surface area (Å²) in [4.78, 5) is 0. The molecule has 0 saturated heterocycles. The molecule has 1 N–H and O–H groups in total. The van der Waals surface area contributed by atoms with Gasteiger partial charge in [0.15, 0.2) is 0 Å². The van der Waals surface area contributed by atoms with Gasteiger partial charge in [-0.25, -0.2) is 8.42 Å². The third-order valence-corrected chi connectivity index (χ3v) is 4.47. The van der Waals surface area contributed by atoms with Gasteiger partial charge in [-0.05, 0) is 26.0 Å². The van der Waals surface area contributed by atoms with Crippen molar-refractivity contribution in [2.24, 2.45) is 0 Å². The Kier molecular flexibility index (Phi) is 5.02. The molecular weight excluding hydrogens is 226 g/mol. The molecular formula is C11H19NO3S. The van der Waals surface area contributed by atoms with E-state index < -0.39 is 9.84 Å². The zero-order valence-corrected chi connectivity index (χ0v) is 10.6. The topological polar surface area (TPSA) is 59.3 Å². The largest absolute Gasteiger partial charge is 0.472 e. The van der Waals surface area contributed by atoms with Gasteiger partial charge in [-0.15, -0.1) is 0 Å². The van der Waals surface area contributed by atoms with Gasteiger partial charge in [0.2, 0.25) is 0 Å². The number of sulfone groups is 1. The number of furan rings is 1. The summed E-state index contributed by atoms with van der Waals surface area (Å²) in [5, 5.41) is 3.15. The van der Waals surface area contributed by atoms with Gasteiger partial charge in [0.05, 0.1) is 18.3 Å². The molecule has 1 heterocycles. The maximum atomic E-state index is 11.3. The summed E-state index contributed by atoms with van der Waals surface area (Å²) in [6, 6.07) is 2.07. The highest BCUT2D eigenvalue weighted by molar-refractivity contribution is 7.91. The first kappa shape index (κ1) is 13.3. The maximum Gasteiger partial charge on any atom is 0.150 e. The summed E-state index contributed by atoms with van der Waals surface area (Å²) >= 11 is 0. The predicted molar refractivity (Wildman–Crippen MR) is 64.1 cm³/mol. The molecule has 1 aromatic heterocycles. The van der Waals surface area contributed by atoms with Crippen LogP contribution in [-0.4, -0.2) is 27.0 Å². The summed E-state index contributed by atoms with van der Waals surface area (Å²) in [5.41, 5.74) is 1.07. The van der Waals surface area contributed by atoms with Gasteiger partial charge >= 0.3 is 0 Å². The zero-order valence-electron chi connectivity index (χ0n) is 9.77. The van der Waals surface area contributed by atoms with Crippen molar-refractivity contribution in [2.75, 3.05) is 18.6 Å². The highest BCUT2D eigenvalue weighted by Crippen LogP contribution is 2.18. The Morgan fingerprint density at radius 2 is 2.25 bits per heavy atom. The summed E-state index contributed by atoms with van der Waals surface area (Å²) < 4.78 is 27.6. The Morgan fingerprint density at radius 1 is 1.50 bits per heavy atom. The van der Waals surface area contributed by atoms with Crippen LogP contribution in [0.25, 0.3) is 0 Å². The second kappa shape index (κ2) is 6.06. The van der Waals surface area contributed by atoms with Gasteiger partial charge in [-0.1, -0.05) is 6.92 Å². The van der Waals surface area contributed by atoms with Crippen molar-refractivity contribution in [1.82, 2.24) is 5.32 Å². The van der Waals surface area contributed by atoms with E-state index in [9.17, 15) is 8.42 Å². The Bertz CT molecular complexity index is 383. The van der Waals surface area contributed by atoms with Crippen molar-refractivity contribution in [3.63, 3.8) is 0 Å². The first-order chi connectivity index (χ1) is 7.59. The lowest BCUT2D eigenvalue weighted by atomic mass is 10.1. The van der Waals surface area contributed by atoms with Crippen LogP contribution < -0.4 is 5.32 Å². The highest BCUT2D eigenvalue weighted by Gasteiger charge is 2.13. The molecule has 0 fully saturated rings. The second-order valence-electron chi connectivity index (χ2n) is 3.78. The van der Waals surface area contributed by atoms with Crippen LogP contribution in [0.2, 0.25) is 0 Å². The molecule has 0 aromatic carbocycles. The number of hydrogen-bond donors (Lipinski definition) is 1. The highest BCUT2D eigenvalue weighted by atomic mass is 32.2. The van der Waals surface area contributed by atoms with Crippen LogP contribution >= 0.6 is 0 Å². The number of hydrogen-bond acceptors (Lipinski definition) is 4. The molecule has 0 spiro atoms. The van der Waals surface area contributed by atoms with E-state index in [1.165, 1.54) is 0 Å². The van der Waals surface area contributed by atoms with Crippen molar-refractivity contribution in [3.8, 4) is 0 Å². The summed E-state index contributed by atoms with van der Waals surface area (Å²) in [7, 11) is -0.976. The van der Waals surface area contributed by atoms with Crippen LogP contribution in [0.1, 0.15) is 31.4 Å². The normalized spacial score (nSPS) is 13.9. The lowest BCUT2D eigenvalue weighted by Crippen LogP contribution is -2.17. The first-order valence-corrected chi connectivity index (χ1v) is 7.31. The minimum Gasteiger partial charge on any atom is -0.472 e. The fourth-order valence-electron chi connectivity index (χ4n) is 1.60. The Labute approximate surface area is 97.0 Å². The molecule has 1 rings (SSSR count). The molecule has 0 bridgehead atoms. The predicted octanol–water partition coefficient (Wildman–Crippen LogP) is 1.76. The third-order valence-electron chi connectivity index (χ3n) is 2.68. The molecule has 1 atom stereocenters. The molecule has 0 aliphatic rings. The summed E-state index contributed by atoms with van der Waals surface area (Å²) in [5.74, 6) is 0.489. The van der Waals surface area contributed by atoms with E-state index in [0.717, 1.165) is 12.0 Å². The molecule has 0 amide bonds. The zero-order chi connectivity index (χ0) is 12.0. The summed E-state index contributed by atoms with van der Waals surface area (Å²) in [6.45, 7) is 1.68. The van der Waals surface area contributed by atoms with E-state index in [2.05, 4.69) is 5.32 Å². The Morgan fingerprint density at radius 3 is 2.75 bits per heavy atom. The molecule has 16 heavy (non-hydrogen) atoms. The molecule has 0 saturated carbocycles. The fourth-order valence-corrected chi connectivity index (χ4v) is 2.50. The lowest BCUT2D eigenvalue weighted by Gasteiger charge is -2.13. The molecule has 1 unspecified atom stereocenters. The fraction of sp³-hybridized carbons (Fsp3) is 0.636. The van der Waals surface area contributed by atoms with Gasteiger partial charge in [0.1, 0.15) is 9.84 Å². The second-order valence-corrected chi connectivity index (χ2v) is 6.25. The van der Waals surface area contributed by atoms with Crippen LogP contribution in [-0.2, 0) is 9.84 Å². The van der Waals surface area contributed by atoms with Crippen molar-refractivity contribution in [3.05, 3.63) is 24.2 Å². The molecule has 0 radical (unpaired) electrons. The van der Waals surface area contributed by atoms with Crippen LogP contribution in [0, 0.1) is 0 Å². The first-order valence-electron chi connectivity index (χ1n) is 5.49. The quantitative estimate of drug-likeness (QED) is 0.795. The monoisotopic (exact) mass is 245 g/mol. The average molecular weight is 245 g/mol. The molecule has 92 valence electrons. The van der Waals surface area contributed by atoms with Crippen molar-refractivity contribution < 1.29 is 12.8 Å². The van der Waals surface area contributed by atoms with Crippen molar-refractivity contribution in [1.29, 1.82) is 0 Å². The van der Waals surface area contributed by atoms with Gasteiger partial charge in [0.25, 0.3) is 0 Å². The molecule has 0 aliphatic heterocycles. The van der Waals surface area contributed by atoms with Gasteiger partial charge in [-0.2, -0.15) is 0 Å². The van der Waals surface area contributed by atoms with E-state index in [1.54, 1.807) is 19.5 Å². The van der Waals surface area contributed by atoms with E-state index in [0.29, 0.717) is 6.42 Å². The maximum absolute atomic E-state index is 11.3. The Hall–Kier alpha value is -0.810. The molecule has 4 nitrogen and oxygen atoms in total. The van der Waals surface area contributed by atoms with Crippen molar-refractivity contribution in [2.45, 2.75) is 25.8 Å². The van der Waals surface area contributed by atoms with Crippen LogP contribution in [0.15, 0.2) is 23.0 Å². The molecule has 0 aliphatic carbocycles. The van der Waals surface area contributed by atoms with Crippen LogP contribution in [0.5, 0.6) is 0 Å². The van der Waals surface area contributed by atoms with Crippen LogP contribution in [0.3, 0.4) is 0 Å². The number of nitrogens with one attached hydrogen (secondary N) is 1. The van der Waals surface area contributed by atoms with E-state index in [-0.39, 0.29) is 17.5 Å².